The van der Waals surface area contributed by atoms with Gasteiger partial charge >= 0.3 is 6.09 Å². The van der Waals surface area contributed by atoms with Gasteiger partial charge in [-0.2, -0.15) is 0 Å². The minimum atomic E-state index is -0.942. The molecule has 8 nitrogen and oxygen atoms in total. The predicted molar refractivity (Wildman–Crippen MR) is 178 cm³/mol. The highest BCUT2D eigenvalue weighted by Crippen LogP contribution is 2.29. The molecule has 47 heavy (non-hydrogen) atoms. The minimum absolute atomic E-state index is 0.0530. The Hall–Kier alpha value is -5.08. The predicted octanol–water partition coefficient (Wildman–Crippen LogP) is 5.43. The Morgan fingerprint density at radius 2 is 1.11 bits per heavy atom. The Kier molecular flexibility index (Phi) is 11.3. The second-order valence-electron chi connectivity index (χ2n) is 12.1. The number of amides is 2. The summed E-state index contributed by atoms with van der Waals surface area (Å²) in [5.41, 5.74) is 2.50. The van der Waals surface area contributed by atoms with Crippen LogP contribution in [0.5, 0.6) is 0 Å². The second-order valence-corrected chi connectivity index (χ2v) is 12.1. The summed E-state index contributed by atoms with van der Waals surface area (Å²) in [6.07, 6.45) is -0.0863. The Labute approximate surface area is 275 Å². The first-order valence-electron chi connectivity index (χ1n) is 15.9. The third-order valence-corrected chi connectivity index (χ3v) is 8.33. The van der Waals surface area contributed by atoms with Crippen molar-refractivity contribution in [2.24, 2.45) is 5.92 Å². The number of rotatable bonds is 16. The summed E-state index contributed by atoms with van der Waals surface area (Å²) in [5.74, 6) is -1.73. The monoisotopic (exact) mass is 632 g/mol. The Morgan fingerprint density at radius 1 is 0.660 bits per heavy atom. The minimum Gasteiger partial charge on any atom is -0.445 e. The summed E-state index contributed by atoms with van der Waals surface area (Å²) in [5, 5.41) is 5.72. The van der Waals surface area contributed by atoms with E-state index >= 15 is 0 Å². The van der Waals surface area contributed by atoms with E-state index in [2.05, 4.69) is 10.6 Å². The average molecular weight is 633 g/mol. The Morgan fingerprint density at radius 3 is 1.60 bits per heavy atom. The first-order chi connectivity index (χ1) is 22.8. The normalized spacial score (nSPS) is 17.0. The molecule has 1 aliphatic heterocycles. The average Bonchev–Trinajstić information content (AvgIpc) is 3.86. The van der Waals surface area contributed by atoms with Gasteiger partial charge < -0.3 is 20.1 Å². The fraction of sp³-hybridized carbons (Fsp3) is 0.282. The van der Waals surface area contributed by atoms with Crippen LogP contribution >= 0.6 is 0 Å². The van der Waals surface area contributed by atoms with Crippen LogP contribution in [-0.2, 0) is 49.7 Å². The quantitative estimate of drug-likeness (QED) is 0.159. The molecule has 2 N–H and O–H groups in total. The van der Waals surface area contributed by atoms with Crippen LogP contribution in [0, 0.1) is 5.92 Å². The van der Waals surface area contributed by atoms with Crippen LogP contribution in [0.4, 0.5) is 4.79 Å². The molecular formula is C39H40N2O6. The molecule has 0 aromatic heterocycles. The van der Waals surface area contributed by atoms with Gasteiger partial charge in [0.25, 0.3) is 0 Å². The fourth-order valence-corrected chi connectivity index (χ4v) is 5.51. The molecule has 1 heterocycles. The maximum Gasteiger partial charge on any atom is 0.408 e. The van der Waals surface area contributed by atoms with Crippen molar-refractivity contribution in [3.8, 4) is 0 Å². The molecule has 0 radical (unpaired) electrons. The number of alkyl carbamates (subject to hydrolysis) is 1. The van der Waals surface area contributed by atoms with Crippen LogP contribution < -0.4 is 10.6 Å². The molecule has 5 rings (SSSR count). The largest absolute Gasteiger partial charge is 0.445 e. The summed E-state index contributed by atoms with van der Waals surface area (Å²) in [7, 11) is 0. The molecule has 0 aliphatic carbocycles. The molecule has 0 bridgehead atoms. The fourth-order valence-electron chi connectivity index (χ4n) is 5.51. The van der Waals surface area contributed by atoms with E-state index in [1.807, 2.05) is 121 Å². The first kappa shape index (κ1) is 33.3. The lowest BCUT2D eigenvalue weighted by Gasteiger charge is -2.25. The van der Waals surface area contributed by atoms with Crippen LogP contribution in [0.3, 0.4) is 0 Å². The number of hydrogen-bond donors (Lipinski definition) is 2. The molecule has 4 aromatic rings. The van der Waals surface area contributed by atoms with Crippen LogP contribution in [0.1, 0.15) is 35.6 Å². The third kappa shape index (κ3) is 9.95. The smallest absolute Gasteiger partial charge is 0.408 e. The molecule has 1 saturated heterocycles. The van der Waals surface area contributed by atoms with Crippen LogP contribution in [-0.4, -0.2) is 47.9 Å². The van der Waals surface area contributed by atoms with Crippen LogP contribution in [0.2, 0.25) is 0 Å². The zero-order valence-corrected chi connectivity index (χ0v) is 26.5. The summed E-state index contributed by atoms with van der Waals surface area (Å²) < 4.78 is 10.9. The maximum atomic E-state index is 14.0. The van der Waals surface area contributed by atoms with Crippen molar-refractivity contribution in [3.05, 3.63) is 144 Å². The van der Waals surface area contributed by atoms with Gasteiger partial charge in [0.1, 0.15) is 12.2 Å². The lowest BCUT2D eigenvalue weighted by atomic mass is 9.88. The van der Waals surface area contributed by atoms with Gasteiger partial charge in [0, 0.05) is 12.3 Å². The number of epoxide rings is 1. The van der Waals surface area contributed by atoms with Crippen molar-refractivity contribution in [1.82, 2.24) is 10.6 Å². The van der Waals surface area contributed by atoms with E-state index in [9.17, 15) is 19.2 Å². The number of ether oxygens (including phenoxy) is 2. The highest BCUT2D eigenvalue weighted by Gasteiger charge is 2.50. The molecule has 8 heteroatoms. The number of carbonyl (C=O) groups excluding carboxylic acids is 4. The number of hydrogen-bond acceptors (Lipinski definition) is 6. The van der Waals surface area contributed by atoms with Crippen molar-refractivity contribution in [2.75, 3.05) is 6.61 Å². The zero-order valence-electron chi connectivity index (χ0n) is 26.5. The van der Waals surface area contributed by atoms with Gasteiger partial charge in [0.2, 0.25) is 5.91 Å². The van der Waals surface area contributed by atoms with E-state index < -0.39 is 35.6 Å². The molecular weight excluding hydrogens is 592 g/mol. The van der Waals surface area contributed by atoms with Crippen molar-refractivity contribution in [1.29, 1.82) is 0 Å². The van der Waals surface area contributed by atoms with Crippen LogP contribution in [0.25, 0.3) is 0 Å². The molecule has 1 aliphatic rings. The van der Waals surface area contributed by atoms with Gasteiger partial charge in [-0.15, -0.1) is 0 Å². The molecule has 4 aromatic carbocycles. The molecule has 4 atom stereocenters. The van der Waals surface area contributed by atoms with Gasteiger partial charge in [-0.3, -0.25) is 14.4 Å². The Bertz CT molecular complexity index is 1630. The van der Waals surface area contributed by atoms with Gasteiger partial charge in [-0.1, -0.05) is 121 Å². The van der Waals surface area contributed by atoms with E-state index in [0.29, 0.717) is 13.0 Å². The third-order valence-electron chi connectivity index (χ3n) is 8.33. The number of nitrogens with one attached hydrogen (secondary N) is 2. The van der Waals surface area contributed by atoms with E-state index in [4.69, 9.17) is 9.47 Å². The topological polar surface area (TPSA) is 114 Å². The maximum absolute atomic E-state index is 14.0. The second kappa shape index (κ2) is 16.0. The zero-order chi connectivity index (χ0) is 33.1. The molecule has 242 valence electrons. The molecule has 0 spiro atoms. The number of ketones is 2. The number of carbonyl (C=O) groups is 4. The summed E-state index contributed by atoms with van der Waals surface area (Å²) in [6.45, 7) is 2.07. The van der Waals surface area contributed by atoms with E-state index in [-0.39, 0.29) is 37.4 Å². The lowest BCUT2D eigenvalue weighted by molar-refractivity contribution is -0.134. The van der Waals surface area contributed by atoms with Crippen molar-refractivity contribution in [2.45, 2.75) is 56.9 Å². The first-order valence-corrected chi connectivity index (χ1v) is 15.9. The van der Waals surface area contributed by atoms with Crippen molar-refractivity contribution < 1.29 is 28.7 Å². The standard InChI is InChI=1S/C39H40N2O6/c1-39(27-47-39)36(43)34(24-30-18-10-4-11-19-30)40-37(44)32(22-28-14-6-2-7-15-28)25-35(42)33(23-29-16-8-3-9-17-29)41-38(45)46-26-31-20-12-5-13-21-31/h2-21,32-34H,22-27H2,1H3,(H,40,44)(H,41,45)/t32-,33?,34+,39-/m1/s1. The molecule has 1 fully saturated rings. The van der Waals surface area contributed by atoms with Gasteiger partial charge in [-0.25, -0.2) is 4.79 Å². The summed E-state index contributed by atoms with van der Waals surface area (Å²) in [6, 6.07) is 35.8. The van der Waals surface area contributed by atoms with Gasteiger partial charge in [0.15, 0.2) is 11.6 Å². The molecule has 2 amide bonds. The van der Waals surface area contributed by atoms with Gasteiger partial charge in [-0.05, 0) is 48.4 Å². The van der Waals surface area contributed by atoms with Crippen molar-refractivity contribution >= 4 is 23.6 Å². The highest BCUT2D eigenvalue weighted by molar-refractivity contribution is 5.98. The molecule has 1 unspecified atom stereocenters. The summed E-state index contributed by atoms with van der Waals surface area (Å²) in [4.78, 5) is 54.4. The van der Waals surface area contributed by atoms with E-state index in [0.717, 1.165) is 22.3 Å². The van der Waals surface area contributed by atoms with E-state index in [1.54, 1.807) is 6.92 Å². The Balaban J connectivity index is 1.34. The SMILES string of the molecule is C[C@]1(C(=O)[C@H](Cc2ccccc2)NC(=O)[C@@H](CC(=O)C(Cc2ccccc2)NC(=O)OCc2ccccc2)Cc2ccccc2)CO1. The van der Waals surface area contributed by atoms with Crippen molar-refractivity contribution in [3.63, 3.8) is 0 Å². The van der Waals surface area contributed by atoms with Gasteiger partial charge in [0.05, 0.1) is 18.7 Å². The highest BCUT2D eigenvalue weighted by atomic mass is 16.6. The number of benzene rings is 4. The lowest BCUT2D eigenvalue weighted by Crippen LogP contribution is -2.50. The number of Topliss-reactive ketones (excluding diaryl/α,β-unsaturated/α-hetero) is 2. The van der Waals surface area contributed by atoms with E-state index in [1.165, 1.54) is 0 Å². The molecule has 0 saturated carbocycles. The summed E-state index contributed by atoms with van der Waals surface area (Å²) >= 11 is 0. The van der Waals surface area contributed by atoms with Crippen LogP contribution in [0.15, 0.2) is 121 Å².